The van der Waals surface area contributed by atoms with Gasteiger partial charge >= 0.3 is 5.56 Å². The maximum absolute atomic E-state index is 13.0. The molecule has 0 saturated carbocycles. The molecule has 28 heavy (non-hydrogen) atoms. The summed E-state index contributed by atoms with van der Waals surface area (Å²) in [5.41, 5.74) is 1.51. The van der Waals surface area contributed by atoms with Gasteiger partial charge in [0.15, 0.2) is 6.23 Å². The first-order valence-electron chi connectivity index (χ1n) is 9.71. The fraction of sp³-hybridized carbons (Fsp3) is 0.500. The zero-order valence-electron chi connectivity index (χ0n) is 15.8. The molecule has 3 aliphatic heterocycles. The third-order valence-corrected chi connectivity index (χ3v) is 5.55. The molecule has 5 rings (SSSR count). The zero-order chi connectivity index (χ0) is 19.1. The highest BCUT2D eigenvalue weighted by Gasteiger charge is 2.35. The number of benzene rings is 1. The Labute approximate surface area is 162 Å². The average Bonchev–Trinajstić information content (AvgIpc) is 2.93. The Hall–Kier alpha value is -2.74. The van der Waals surface area contributed by atoms with E-state index in [1.54, 1.807) is 13.3 Å². The van der Waals surface area contributed by atoms with Crippen LogP contribution in [0, 0.1) is 0 Å². The number of nitrogens with zero attached hydrogens (tertiary/aromatic N) is 3. The highest BCUT2D eigenvalue weighted by molar-refractivity contribution is 5.59. The van der Waals surface area contributed by atoms with Crippen LogP contribution < -0.4 is 24.7 Å². The topological polar surface area (TPSA) is 75.0 Å². The molecule has 0 bridgehead atoms. The van der Waals surface area contributed by atoms with Crippen LogP contribution in [0.2, 0.25) is 0 Å². The van der Waals surface area contributed by atoms with Crippen molar-refractivity contribution < 1.29 is 18.9 Å². The second-order valence-corrected chi connectivity index (χ2v) is 7.23. The maximum Gasteiger partial charge on any atom is 0.313 e. The van der Waals surface area contributed by atoms with Gasteiger partial charge in [-0.3, -0.25) is 4.79 Å². The van der Waals surface area contributed by atoms with Crippen LogP contribution in [-0.2, 0) is 11.2 Å². The lowest BCUT2D eigenvalue weighted by Gasteiger charge is -2.36. The van der Waals surface area contributed by atoms with Crippen LogP contribution in [0.25, 0.3) is 0 Å². The second kappa shape index (κ2) is 7.01. The third kappa shape index (κ3) is 2.88. The predicted molar refractivity (Wildman–Crippen MR) is 101 cm³/mol. The van der Waals surface area contributed by atoms with Crippen molar-refractivity contribution in [1.82, 2.24) is 9.78 Å². The summed E-state index contributed by atoms with van der Waals surface area (Å²) in [6.45, 7) is 1.63. The molecular weight excluding hydrogens is 362 g/mol. The molecule has 8 heteroatoms. The molecule has 0 aliphatic carbocycles. The summed E-state index contributed by atoms with van der Waals surface area (Å²) >= 11 is 0. The average molecular weight is 385 g/mol. The Bertz CT molecular complexity index is 938. The molecule has 0 radical (unpaired) electrons. The van der Waals surface area contributed by atoms with Crippen molar-refractivity contribution in [3.63, 3.8) is 0 Å². The number of ether oxygens (including phenoxy) is 4. The molecule has 8 nitrogen and oxygen atoms in total. The van der Waals surface area contributed by atoms with Gasteiger partial charge in [0.25, 0.3) is 0 Å². The molecule has 3 aliphatic rings. The Morgan fingerprint density at radius 3 is 3.00 bits per heavy atom. The largest absolute Gasteiger partial charge is 0.497 e. The fourth-order valence-electron chi connectivity index (χ4n) is 4.05. The Morgan fingerprint density at radius 1 is 1.25 bits per heavy atom. The smallest absolute Gasteiger partial charge is 0.313 e. The van der Waals surface area contributed by atoms with E-state index >= 15 is 0 Å². The van der Waals surface area contributed by atoms with Crippen molar-refractivity contribution in [2.24, 2.45) is 0 Å². The molecule has 1 saturated heterocycles. The van der Waals surface area contributed by atoms with Crippen LogP contribution >= 0.6 is 0 Å². The lowest BCUT2D eigenvalue weighted by atomic mass is 10.1. The monoisotopic (exact) mass is 385 g/mol. The molecule has 2 atom stereocenters. The van der Waals surface area contributed by atoms with E-state index in [4.69, 9.17) is 18.9 Å². The summed E-state index contributed by atoms with van der Waals surface area (Å²) in [5.74, 6) is 1.95. The predicted octanol–water partition coefficient (Wildman–Crippen LogP) is 2.11. The summed E-state index contributed by atoms with van der Waals surface area (Å²) < 4.78 is 24.5. The molecule has 1 aromatic heterocycles. The van der Waals surface area contributed by atoms with Crippen molar-refractivity contribution in [2.45, 2.75) is 38.1 Å². The van der Waals surface area contributed by atoms with Crippen molar-refractivity contribution in [3.8, 4) is 17.2 Å². The van der Waals surface area contributed by atoms with E-state index < -0.39 is 0 Å². The first-order valence-corrected chi connectivity index (χ1v) is 9.71. The van der Waals surface area contributed by atoms with Crippen LogP contribution in [0.4, 0.5) is 5.69 Å². The second-order valence-electron chi connectivity index (χ2n) is 7.23. The minimum atomic E-state index is -0.315. The Kier molecular flexibility index (Phi) is 4.35. The van der Waals surface area contributed by atoms with Gasteiger partial charge < -0.3 is 23.8 Å². The van der Waals surface area contributed by atoms with Crippen LogP contribution in [0.1, 0.15) is 31.1 Å². The van der Waals surface area contributed by atoms with E-state index in [1.807, 2.05) is 18.2 Å². The number of aromatic nitrogens is 2. The van der Waals surface area contributed by atoms with E-state index in [1.165, 1.54) is 4.68 Å². The first-order chi connectivity index (χ1) is 13.7. The Morgan fingerprint density at radius 2 is 2.18 bits per heavy atom. The van der Waals surface area contributed by atoms with Crippen LogP contribution in [0.5, 0.6) is 17.2 Å². The maximum atomic E-state index is 13.0. The molecule has 2 aromatic rings. The highest BCUT2D eigenvalue weighted by atomic mass is 16.6. The van der Waals surface area contributed by atoms with Crippen molar-refractivity contribution in [2.75, 3.05) is 31.8 Å². The zero-order valence-corrected chi connectivity index (χ0v) is 15.8. The minimum Gasteiger partial charge on any atom is -0.497 e. The van der Waals surface area contributed by atoms with Crippen molar-refractivity contribution in [1.29, 1.82) is 0 Å². The number of methoxy groups -OCH3 is 1. The molecular formula is C20H23N3O5. The molecule has 1 fully saturated rings. The number of rotatable bonds is 2. The van der Waals surface area contributed by atoms with Crippen molar-refractivity contribution >= 4 is 5.69 Å². The quantitative estimate of drug-likeness (QED) is 0.784. The normalized spacial score (nSPS) is 23.4. The number of fused-ring (bicyclic) bond motifs is 4. The van der Waals surface area contributed by atoms with Crippen LogP contribution in [-0.4, -0.2) is 42.9 Å². The molecule has 4 heterocycles. The van der Waals surface area contributed by atoms with E-state index in [-0.39, 0.29) is 24.6 Å². The van der Waals surface area contributed by atoms with Gasteiger partial charge in [-0.1, -0.05) is 0 Å². The standard InChI is InChI=1S/C20H23N3O5/c1-25-14-5-6-16-13(10-14)7-8-22-15-11-21-23(17-4-2-3-9-26-17)20(24)19(15)27-12-18(22)28-16/h5-6,10-11,17-18H,2-4,7-9,12H2,1H3. The van der Waals surface area contributed by atoms with Gasteiger partial charge in [0.05, 0.1) is 13.3 Å². The van der Waals surface area contributed by atoms with Crippen LogP contribution in [0.3, 0.4) is 0 Å². The van der Waals surface area contributed by atoms with Gasteiger partial charge in [-0.2, -0.15) is 9.78 Å². The molecule has 148 valence electrons. The summed E-state index contributed by atoms with van der Waals surface area (Å²) in [4.78, 5) is 15.0. The highest BCUT2D eigenvalue weighted by Crippen LogP contribution is 2.36. The number of hydrogen-bond acceptors (Lipinski definition) is 7. The van der Waals surface area contributed by atoms with Gasteiger partial charge in [-0.15, -0.1) is 0 Å². The number of hydrogen-bond donors (Lipinski definition) is 0. The van der Waals surface area contributed by atoms with Gasteiger partial charge in [-0.05, 0) is 49.4 Å². The lowest BCUT2D eigenvalue weighted by molar-refractivity contribution is -0.0432. The van der Waals surface area contributed by atoms with E-state index in [2.05, 4.69) is 10.00 Å². The molecule has 0 N–H and O–H groups in total. The lowest BCUT2D eigenvalue weighted by Crippen LogP contribution is -2.48. The number of anilines is 1. The summed E-state index contributed by atoms with van der Waals surface area (Å²) in [6.07, 6.45) is 4.69. The first kappa shape index (κ1) is 17.4. The minimum absolute atomic E-state index is 0.244. The third-order valence-electron chi connectivity index (χ3n) is 5.55. The Balaban J connectivity index is 1.46. The van der Waals surface area contributed by atoms with Gasteiger partial charge in [0, 0.05) is 13.2 Å². The summed E-state index contributed by atoms with van der Waals surface area (Å²) in [7, 11) is 1.65. The van der Waals surface area contributed by atoms with E-state index in [9.17, 15) is 4.79 Å². The molecule has 2 unspecified atom stereocenters. The van der Waals surface area contributed by atoms with Gasteiger partial charge in [0.2, 0.25) is 12.0 Å². The molecule has 0 spiro atoms. The fourth-order valence-corrected chi connectivity index (χ4v) is 4.05. The van der Waals surface area contributed by atoms with Gasteiger partial charge in [-0.25, -0.2) is 0 Å². The van der Waals surface area contributed by atoms with Gasteiger partial charge in [0.1, 0.15) is 23.8 Å². The molecule has 1 aromatic carbocycles. The van der Waals surface area contributed by atoms with E-state index in [0.717, 1.165) is 42.7 Å². The molecule has 0 amide bonds. The van der Waals surface area contributed by atoms with Crippen molar-refractivity contribution in [3.05, 3.63) is 40.3 Å². The SMILES string of the molecule is COc1ccc2c(c1)CCN1c3cnn(C4CCCCO4)c(=O)c3OCC1O2. The van der Waals surface area contributed by atoms with Crippen LogP contribution in [0.15, 0.2) is 29.2 Å². The summed E-state index contributed by atoms with van der Waals surface area (Å²) in [5, 5.41) is 4.40. The summed E-state index contributed by atoms with van der Waals surface area (Å²) in [6, 6.07) is 5.80. The van der Waals surface area contributed by atoms with E-state index in [0.29, 0.717) is 24.6 Å².